The second-order valence-electron chi connectivity index (χ2n) is 6.21. The molecule has 0 spiro atoms. The van der Waals surface area contributed by atoms with E-state index in [1.54, 1.807) is 6.07 Å². The largest absolute Gasteiger partial charge is 0.325 e. The second-order valence-corrected chi connectivity index (χ2v) is 6.65. The van der Waals surface area contributed by atoms with Crippen molar-refractivity contribution >= 4 is 28.9 Å². The molecule has 3 nitrogen and oxygen atoms in total. The highest BCUT2D eigenvalue weighted by Gasteiger charge is 2.23. The van der Waals surface area contributed by atoms with Gasteiger partial charge in [0.1, 0.15) is 0 Å². The van der Waals surface area contributed by atoms with E-state index in [0.29, 0.717) is 11.4 Å². The first-order chi connectivity index (χ1) is 12.7. The third kappa shape index (κ3) is 3.39. The Morgan fingerprint density at radius 2 is 1.62 bits per heavy atom. The maximum absolute atomic E-state index is 12.5. The van der Waals surface area contributed by atoms with Crippen molar-refractivity contribution in [1.29, 1.82) is 0 Å². The number of aliphatic imine (C=N–C) groups is 1. The molecule has 128 valence electrons. The Morgan fingerprint density at radius 3 is 2.35 bits per heavy atom. The lowest BCUT2D eigenvalue weighted by Crippen LogP contribution is -2.21. The van der Waals surface area contributed by atoms with Crippen LogP contribution in [0.15, 0.2) is 83.9 Å². The van der Waals surface area contributed by atoms with E-state index in [0.717, 1.165) is 28.1 Å². The molecular weight excluding hydrogens is 344 g/mol. The number of halogens is 1. The molecule has 0 bridgehead atoms. The van der Waals surface area contributed by atoms with Crippen molar-refractivity contribution in [2.24, 2.45) is 4.99 Å². The Bertz CT molecular complexity index is 968. The molecule has 0 saturated heterocycles. The van der Waals surface area contributed by atoms with Crippen LogP contribution in [-0.4, -0.2) is 11.6 Å². The molecular formula is C22H17ClN2O. The van der Waals surface area contributed by atoms with Crippen molar-refractivity contribution in [2.75, 3.05) is 5.32 Å². The van der Waals surface area contributed by atoms with Gasteiger partial charge in [-0.3, -0.25) is 9.79 Å². The van der Waals surface area contributed by atoms with E-state index in [2.05, 4.69) is 5.32 Å². The highest BCUT2D eigenvalue weighted by molar-refractivity contribution is 6.31. The molecule has 0 saturated carbocycles. The summed E-state index contributed by atoms with van der Waals surface area (Å²) < 4.78 is 0. The first kappa shape index (κ1) is 16.6. The Labute approximate surface area is 157 Å². The fourth-order valence-corrected chi connectivity index (χ4v) is 3.33. The van der Waals surface area contributed by atoms with Crippen molar-refractivity contribution < 1.29 is 4.79 Å². The van der Waals surface area contributed by atoms with Crippen molar-refractivity contribution in [2.45, 2.75) is 12.5 Å². The molecule has 1 amide bonds. The van der Waals surface area contributed by atoms with Gasteiger partial charge in [0.15, 0.2) is 0 Å². The van der Waals surface area contributed by atoms with Crippen LogP contribution in [0.2, 0.25) is 5.02 Å². The first-order valence-corrected chi connectivity index (χ1v) is 8.86. The quantitative estimate of drug-likeness (QED) is 0.665. The molecule has 1 unspecified atom stereocenters. The van der Waals surface area contributed by atoms with Crippen LogP contribution < -0.4 is 5.32 Å². The van der Waals surface area contributed by atoms with Crippen LogP contribution in [0.25, 0.3) is 0 Å². The lowest BCUT2D eigenvalue weighted by Gasteiger charge is -2.22. The summed E-state index contributed by atoms with van der Waals surface area (Å²) in [5, 5.41) is 3.62. The second kappa shape index (κ2) is 7.14. The number of benzene rings is 3. The minimum atomic E-state index is -0.251. The molecule has 1 atom stereocenters. The maximum Gasteiger partial charge on any atom is 0.226 e. The minimum absolute atomic E-state index is 0.0571. The Balaban J connectivity index is 1.93. The monoisotopic (exact) mass is 360 g/mol. The summed E-state index contributed by atoms with van der Waals surface area (Å²) in [6.45, 7) is 0. The third-order valence-electron chi connectivity index (χ3n) is 4.41. The molecule has 0 fully saturated rings. The van der Waals surface area contributed by atoms with Gasteiger partial charge in [0.25, 0.3) is 0 Å². The van der Waals surface area contributed by atoms with Crippen molar-refractivity contribution in [3.63, 3.8) is 0 Å². The number of nitrogens with one attached hydrogen (secondary N) is 1. The molecule has 4 heteroatoms. The van der Waals surface area contributed by atoms with Crippen LogP contribution in [0.3, 0.4) is 0 Å². The zero-order chi connectivity index (χ0) is 17.9. The van der Waals surface area contributed by atoms with Crippen molar-refractivity contribution in [3.05, 3.63) is 101 Å². The molecule has 4 rings (SSSR count). The number of hydrogen-bond donors (Lipinski definition) is 1. The highest BCUT2D eigenvalue weighted by atomic mass is 35.5. The molecule has 0 aliphatic carbocycles. The van der Waals surface area contributed by atoms with E-state index in [4.69, 9.17) is 16.6 Å². The van der Waals surface area contributed by atoms with Crippen LogP contribution >= 0.6 is 11.6 Å². The van der Waals surface area contributed by atoms with Gasteiger partial charge in [-0.15, -0.1) is 0 Å². The molecule has 0 aromatic heterocycles. The predicted octanol–water partition coefficient (Wildman–Crippen LogP) is 5.26. The number of amides is 1. The Morgan fingerprint density at radius 1 is 0.923 bits per heavy atom. The zero-order valence-corrected chi connectivity index (χ0v) is 14.8. The number of fused-ring (bicyclic) bond motifs is 1. The number of carbonyl (C=O) groups is 1. The number of carbonyl (C=O) groups excluding carboxylic acids is 1. The molecule has 26 heavy (non-hydrogen) atoms. The summed E-state index contributed by atoms with van der Waals surface area (Å²) in [6.07, 6.45) is 0.294. The SMILES string of the molecule is O=C1CC(c2ccccc2)N=C(c2ccccc2)c2cc(Cl)ccc2N1. The van der Waals surface area contributed by atoms with Gasteiger partial charge in [-0.25, -0.2) is 0 Å². The van der Waals surface area contributed by atoms with E-state index in [1.165, 1.54) is 0 Å². The summed E-state index contributed by atoms with van der Waals surface area (Å²) >= 11 is 6.25. The molecule has 1 aliphatic heterocycles. The van der Waals surface area contributed by atoms with Crippen molar-refractivity contribution in [1.82, 2.24) is 0 Å². The summed E-state index contributed by atoms with van der Waals surface area (Å²) in [6, 6.07) is 25.1. The average molecular weight is 361 g/mol. The van der Waals surface area contributed by atoms with Gasteiger partial charge in [0.2, 0.25) is 5.91 Å². The Hall–Kier alpha value is -2.91. The van der Waals surface area contributed by atoms with E-state index < -0.39 is 0 Å². The number of hydrogen-bond acceptors (Lipinski definition) is 2. The van der Waals surface area contributed by atoms with Crippen LogP contribution in [0.5, 0.6) is 0 Å². The standard InChI is InChI=1S/C22H17ClN2O/c23-17-11-12-19-18(13-17)22(16-9-5-2-6-10-16)25-20(14-21(26)24-19)15-7-3-1-4-8-15/h1-13,20H,14H2,(H,24,26). The van der Waals surface area contributed by atoms with Gasteiger partial charge in [0.05, 0.1) is 23.9 Å². The lowest BCUT2D eigenvalue weighted by atomic mass is 9.96. The Kier molecular flexibility index (Phi) is 4.55. The van der Waals surface area contributed by atoms with Crippen LogP contribution in [0, 0.1) is 0 Å². The fraction of sp³-hybridized carbons (Fsp3) is 0.0909. The first-order valence-electron chi connectivity index (χ1n) is 8.48. The van der Waals surface area contributed by atoms with Crippen LogP contribution in [0.1, 0.15) is 29.2 Å². The molecule has 1 heterocycles. The zero-order valence-electron chi connectivity index (χ0n) is 14.0. The normalized spacial score (nSPS) is 16.7. The molecule has 1 N–H and O–H groups in total. The highest BCUT2D eigenvalue weighted by Crippen LogP contribution is 2.31. The average Bonchev–Trinajstić information content (AvgIpc) is 2.67. The smallest absolute Gasteiger partial charge is 0.226 e. The van der Waals surface area contributed by atoms with Gasteiger partial charge < -0.3 is 5.32 Å². The number of nitrogens with zero attached hydrogens (tertiary/aromatic N) is 1. The molecule has 3 aromatic rings. The van der Waals surface area contributed by atoms with E-state index in [1.807, 2.05) is 72.8 Å². The topological polar surface area (TPSA) is 41.5 Å². The van der Waals surface area contributed by atoms with E-state index in [9.17, 15) is 4.79 Å². The number of rotatable bonds is 2. The van der Waals surface area contributed by atoms with Gasteiger partial charge in [0, 0.05) is 16.1 Å². The van der Waals surface area contributed by atoms with Crippen LogP contribution in [-0.2, 0) is 4.79 Å². The maximum atomic E-state index is 12.5. The molecule has 3 aromatic carbocycles. The summed E-state index contributed by atoms with van der Waals surface area (Å²) in [7, 11) is 0. The van der Waals surface area contributed by atoms with E-state index in [-0.39, 0.29) is 11.9 Å². The van der Waals surface area contributed by atoms with Gasteiger partial charge in [-0.2, -0.15) is 0 Å². The fourth-order valence-electron chi connectivity index (χ4n) is 3.16. The number of anilines is 1. The summed E-state index contributed by atoms with van der Waals surface area (Å²) in [4.78, 5) is 17.5. The summed E-state index contributed by atoms with van der Waals surface area (Å²) in [5.74, 6) is -0.0571. The van der Waals surface area contributed by atoms with Crippen LogP contribution in [0.4, 0.5) is 5.69 Å². The van der Waals surface area contributed by atoms with Crippen molar-refractivity contribution in [3.8, 4) is 0 Å². The molecule has 0 radical (unpaired) electrons. The third-order valence-corrected chi connectivity index (χ3v) is 4.64. The van der Waals surface area contributed by atoms with Gasteiger partial charge in [-0.1, -0.05) is 72.3 Å². The molecule has 1 aliphatic rings. The lowest BCUT2D eigenvalue weighted by molar-refractivity contribution is -0.116. The predicted molar refractivity (Wildman–Crippen MR) is 106 cm³/mol. The summed E-state index contributed by atoms with van der Waals surface area (Å²) in [5.41, 5.74) is 4.40. The van der Waals surface area contributed by atoms with E-state index >= 15 is 0 Å². The minimum Gasteiger partial charge on any atom is -0.325 e. The van der Waals surface area contributed by atoms with Gasteiger partial charge in [-0.05, 0) is 23.8 Å². The van der Waals surface area contributed by atoms with Gasteiger partial charge >= 0.3 is 0 Å².